The second kappa shape index (κ2) is 8.34. The van der Waals surface area contributed by atoms with Crippen molar-refractivity contribution in [2.45, 2.75) is 6.61 Å². The van der Waals surface area contributed by atoms with Crippen molar-refractivity contribution in [3.05, 3.63) is 83.8 Å². The number of amides is 1. The summed E-state index contributed by atoms with van der Waals surface area (Å²) in [5.74, 6) is 0.457. The molecule has 1 saturated heterocycles. The maximum absolute atomic E-state index is 13.9. The average Bonchev–Trinajstić information content (AvgIpc) is 3.22. The number of hydrogen-bond donors (Lipinski definition) is 0. The molecule has 7 heteroatoms. The van der Waals surface area contributed by atoms with Gasteiger partial charge in [0.05, 0.1) is 5.69 Å². The van der Waals surface area contributed by atoms with E-state index in [4.69, 9.17) is 9.15 Å². The predicted octanol–water partition coefficient (Wildman–Crippen LogP) is 4.10. The summed E-state index contributed by atoms with van der Waals surface area (Å²) >= 11 is 0. The Morgan fingerprint density at radius 3 is 2.38 bits per heavy atom. The van der Waals surface area contributed by atoms with Crippen molar-refractivity contribution in [3.8, 4) is 5.75 Å². The second-order valence-corrected chi connectivity index (χ2v) is 6.74. The number of carbonyl (C=O) groups is 1. The number of para-hydroxylation sites is 1. The van der Waals surface area contributed by atoms with Crippen LogP contribution in [0.1, 0.15) is 16.3 Å². The molecule has 0 aliphatic carbocycles. The fourth-order valence-corrected chi connectivity index (χ4v) is 3.27. The number of anilines is 1. The Kier molecular flexibility index (Phi) is 5.46. The zero-order valence-corrected chi connectivity index (χ0v) is 15.7. The minimum absolute atomic E-state index is 0.139. The lowest BCUT2D eigenvalue weighted by molar-refractivity contribution is 0.0710. The molecule has 0 N–H and O–H groups in total. The fraction of sp³-hybridized carbons (Fsp3) is 0.227. The summed E-state index contributed by atoms with van der Waals surface area (Å²) < 4.78 is 38.0. The molecule has 0 spiro atoms. The van der Waals surface area contributed by atoms with E-state index in [1.807, 2.05) is 4.90 Å². The normalized spacial score (nSPS) is 14.1. The number of carbonyl (C=O) groups excluding carboxylic acids is 1. The van der Waals surface area contributed by atoms with Crippen molar-refractivity contribution in [3.63, 3.8) is 0 Å². The maximum Gasteiger partial charge on any atom is 0.289 e. The number of ether oxygens (including phenoxy) is 1. The number of rotatable bonds is 5. The molecule has 1 aromatic heterocycles. The average molecular weight is 398 g/mol. The predicted molar refractivity (Wildman–Crippen MR) is 104 cm³/mol. The number of benzene rings is 2. The molecule has 3 aromatic rings. The molecule has 1 fully saturated rings. The summed E-state index contributed by atoms with van der Waals surface area (Å²) in [6, 6.07) is 15.6. The van der Waals surface area contributed by atoms with E-state index in [1.165, 1.54) is 30.3 Å². The second-order valence-electron chi connectivity index (χ2n) is 6.74. The highest BCUT2D eigenvalue weighted by Crippen LogP contribution is 2.21. The molecule has 150 valence electrons. The maximum atomic E-state index is 13.9. The molecule has 29 heavy (non-hydrogen) atoms. The van der Waals surface area contributed by atoms with Crippen LogP contribution in [0.3, 0.4) is 0 Å². The Bertz CT molecular complexity index is 980. The van der Waals surface area contributed by atoms with Crippen molar-refractivity contribution < 1.29 is 22.7 Å². The van der Waals surface area contributed by atoms with E-state index in [9.17, 15) is 13.6 Å². The first-order valence-electron chi connectivity index (χ1n) is 9.36. The molecule has 0 saturated carbocycles. The monoisotopic (exact) mass is 398 g/mol. The van der Waals surface area contributed by atoms with Crippen LogP contribution in [0, 0.1) is 11.6 Å². The first kappa shape index (κ1) is 19.0. The molecular weight excluding hydrogens is 378 g/mol. The highest BCUT2D eigenvalue weighted by atomic mass is 19.1. The van der Waals surface area contributed by atoms with E-state index in [1.54, 1.807) is 35.2 Å². The molecule has 4 rings (SSSR count). The largest absolute Gasteiger partial charge is 0.486 e. The standard InChI is InChI=1S/C22H20F2N2O3/c23-16-5-7-17(8-6-16)28-15-18-9-10-21(29-18)22(27)26-13-11-25(12-14-26)20-4-2-1-3-19(20)24/h1-10H,11-15H2. The topological polar surface area (TPSA) is 45.9 Å². The molecular formula is C22H20F2N2O3. The minimum atomic E-state index is -0.335. The molecule has 1 amide bonds. The SMILES string of the molecule is O=C(c1ccc(COc2ccc(F)cc2)o1)N1CCN(c2ccccc2F)CC1. The molecule has 0 radical (unpaired) electrons. The molecule has 2 heterocycles. The molecule has 5 nitrogen and oxygen atoms in total. The lowest BCUT2D eigenvalue weighted by Crippen LogP contribution is -2.49. The lowest BCUT2D eigenvalue weighted by atomic mass is 10.2. The van der Waals surface area contributed by atoms with Gasteiger partial charge in [0.2, 0.25) is 0 Å². The van der Waals surface area contributed by atoms with E-state index in [0.29, 0.717) is 43.4 Å². The van der Waals surface area contributed by atoms with Gasteiger partial charge in [-0.15, -0.1) is 0 Å². The van der Waals surface area contributed by atoms with E-state index < -0.39 is 0 Å². The minimum Gasteiger partial charge on any atom is -0.486 e. The first-order chi connectivity index (χ1) is 14.1. The molecule has 0 unspecified atom stereocenters. The van der Waals surface area contributed by atoms with Crippen LogP contribution in [0.15, 0.2) is 65.1 Å². The third-order valence-corrected chi connectivity index (χ3v) is 4.83. The Balaban J connectivity index is 1.32. The quantitative estimate of drug-likeness (QED) is 0.649. The van der Waals surface area contributed by atoms with Gasteiger partial charge in [-0.2, -0.15) is 0 Å². The number of piperazine rings is 1. The summed E-state index contributed by atoms with van der Waals surface area (Å²) in [5, 5.41) is 0. The van der Waals surface area contributed by atoms with Crippen LogP contribution in [0.2, 0.25) is 0 Å². The fourth-order valence-electron chi connectivity index (χ4n) is 3.27. The summed E-state index contributed by atoms with van der Waals surface area (Å²) in [6.07, 6.45) is 0. The lowest BCUT2D eigenvalue weighted by Gasteiger charge is -2.35. The molecule has 2 aromatic carbocycles. The van der Waals surface area contributed by atoms with Crippen molar-refractivity contribution in [2.75, 3.05) is 31.1 Å². The number of nitrogens with zero attached hydrogens (tertiary/aromatic N) is 2. The van der Waals surface area contributed by atoms with E-state index >= 15 is 0 Å². The summed E-state index contributed by atoms with van der Waals surface area (Å²) in [7, 11) is 0. The van der Waals surface area contributed by atoms with Gasteiger partial charge in [-0.3, -0.25) is 4.79 Å². The number of halogens is 2. The van der Waals surface area contributed by atoms with E-state index in [-0.39, 0.29) is 29.9 Å². The van der Waals surface area contributed by atoms with Crippen LogP contribution in [0.25, 0.3) is 0 Å². The highest BCUT2D eigenvalue weighted by molar-refractivity contribution is 5.91. The zero-order chi connectivity index (χ0) is 20.2. The third kappa shape index (κ3) is 4.39. The van der Waals surface area contributed by atoms with Crippen molar-refractivity contribution >= 4 is 11.6 Å². The van der Waals surface area contributed by atoms with Gasteiger partial charge in [-0.25, -0.2) is 8.78 Å². The van der Waals surface area contributed by atoms with Gasteiger partial charge in [-0.05, 0) is 48.5 Å². The Labute approximate surface area is 167 Å². The Morgan fingerprint density at radius 2 is 1.66 bits per heavy atom. The summed E-state index contributed by atoms with van der Waals surface area (Å²) in [5.41, 5.74) is 0.554. The third-order valence-electron chi connectivity index (χ3n) is 4.83. The van der Waals surface area contributed by atoms with Gasteiger partial charge < -0.3 is 19.0 Å². The van der Waals surface area contributed by atoms with Crippen LogP contribution in [-0.4, -0.2) is 37.0 Å². The Morgan fingerprint density at radius 1 is 0.931 bits per heavy atom. The van der Waals surface area contributed by atoms with Gasteiger partial charge in [0.1, 0.15) is 29.8 Å². The highest BCUT2D eigenvalue weighted by Gasteiger charge is 2.25. The molecule has 1 aliphatic rings. The van der Waals surface area contributed by atoms with Crippen molar-refractivity contribution in [2.24, 2.45) is 0 Å². The van der Waals surface area contributed by atoms with E-state index in [2.05, 4.69) is 0 Å². The van der Waals surface area contributed by atoms with Gasteiger partial charge >= 0.3 is 0 Å². The van der Waals surface area contributed by atoms with Crippen LogP contribution in [0.5, 0.6) is 5.75 Å². The summed E-state index contributed by atoms with van der Waals surface area (Å²) in [6.45, 7) is 2.20. The van der Waals surface area contributed by atoms with Crippen LogP contribution >= 0.6 is 0 Å². The van der Waals surface area contributed by atoms with Crippen LogP contribution < -0.4 is 9.64 Å². The van der Waals surface area contributed by atoms with Crippen molar-refractivity contribution in [1.29, 1.82) is 0 Å². The smallest absolute Gasteiger partial charge is 0.289 e. The van der Waals surface area contributed by atoms with Crippen LogP contribution in [-0.2, 0) is 6.61 Å². The van der Waals surface area contributed by atoms with Crippen LogP contribution in [0.4, 0.5) is 14.5 Å². The van der Waals surface area contributed by atoms with Gasteiger partial charge in [0.15, 0.2) is 5.76 Å². The number of hydrogen-bond acceptors (Lipinski definition) is 4. The Hall–Kier alpha value is -3.35. The number of furan rings is 1. The summed E-state index contributed by atoms with van der Waals surface area (Å²) in [4.78, 5) is 16.3. The van der Waals surface area contributed by atoms with Gasteiger partial charge in [0.25, 0.3) is 5.91 Å². The van der Waals surface area contributed by atoms with Gasteiger partial charge in [-0.1, -0.05) is 12.1 Å². The molecule has 0 atom stereocenters. The zero-order valence-electron chi connectivity index (χ0n) is 15.7. The molecule has 1 aliphatic heterocycles. The molecule has 0 bridgehead atoms. The van der Waals surface area contributed by atoms with E-state index in [0.717, 1.165) is 0 Å². The van der Waals surface area contributed by atoms with Gasteiger partial charge in [0, 0.05) is 26.2 Å². The van der Waals surface area contributed by atoms with Crippen molar-refractivity contribution in [1.82, 2.24) is 4.90 Å². The first-order valence-corrected chi connectivity index (χ1v) is 9.36.